The summed E-state index contributed by atoms with van der Waals surface area (Å²) in [6.07, 6.45) is 1.05. The van der Waals surface area contributed by atoms with Crippen molar-refractivity contribution in [3.8, 4) is 0 Å². The van der Waals surface area contributed by atoms with Gasteiger partial charge in [-0.25, -0.2) is 13.1 Å². The van der Waals surface area contributed by atoms with Gasteiger partial charge in [0.2, 0.25) is 10.0 Å². The predicted octanol–water partition coefficient (Wildman–Crippen LogP) is 2.22. The van der Waals surface area contributed by atoms with Crippen molar-refractivity contribution in [3.05, 3.63) is 57.3 Å². The van der Waals surface area contributed by atoms with Crippen LogP contribution in [0.3, 0.4) is 0 Å². The second kappa shape index (κ2) is 9.70. The summed E-state index contributed by atoms with van der Waals surface area (Å²) in [5.74, 6) is 0.687. The van der Waals surface area contributed by atoms with Gasteiger partial charge in [0.1, 0.15) is 0 Å². The van der Waals surface area contributed by atoms with Crippen molar-refractivity contribution < 1.29 is 8.42 Å². The highest BCUT2D eigenvalue weighted by molar-refractivity contribution is 7.88. The van der Waals surface area contributed by atoms with Crippen molar-refractivity contribution in [3.63, 3.8) is 0 Å². The molecule has 1 heterocycles. The van der Waals surface area contributed by atoms with Gasteiger partial charge in [-0.3, -0.25) is 4.99 Å². The van der Waals surface area contributed by atoms with Gasteiger partial charge < -0.3 is 10.6 Å². The van der Waals surface area contributed by atoms with Gasteiger partial charge in [0.15, 0.2) is 5.96 Å². The van der Waals surface area contributed by atoms with Crippen LogP contribution in [0.5, 0.6) is 0 Å². The Morgan fingerprint density at radius 3 is 2.42 bits per heavy atom. The van der Waals surface area contributed by atoms with Crippen molar-refractivity contribution in [2.75, 3.05) is 14.1 Å². The lowest BCUT2D eigenvalue weighted by atomic mass is 10.1. The summed E-state index contributed by atoms with van der Waals surface area (Å²) >= 11 is 1.80. The highest BCUT2D eigenvalue weighted by Crippen LogP contribution is 2.16. The Morgan fingerprint density at radius 1 is 1.08 bits per heavy atom. The fourth-order valence-electron chi connectivity index (χ4n) is 2.41. The van der Waals surface area contributed by atoms with Crippen LogP contribution in [0.1, 0.15) is 27.8 Å². The number of aliphatic imine (C=N–C) groups is 1. The minimum atomic E-state index is -3.27. The van der Waals surface area contributed by atoms with E-state index in [0.29, 0.717) is 12.5 Å². The molecule has 0 unspecified atom stereocenters. The number of rotatable bonds is 8. The molecule has 2 rings (SSSR count). The van der Waals surface area contributed by atoms with Crippen LogP contribution >= 0.6 is 11.3 Å². The summed E-state index contributed by atoms with van der Waals surface area (Å²) in [5.41, 5.74) is 1.76. The molecule has 0 radical (unpaired) electrons. The van der Waals surface area contributed by atoms with Crippen LogP contribution < -0.4 is 15.4 Å². The monoisotopic (exact) mass is 394 g/mol. The zero-order valence-corrected chi connectivity index (χ0v) is 17.0. The quantitative estimate of drug-likeness (QED) is 0.474. The van der Waals surface area contributed by atoms with Crippen LogP contribution in [-0.2, 0) is 35.3 Å². The molecule has 0 amide bonds. The number of thiophene rings is 1. The summed E-state index contributed by atoms with van der Waals surface area (Å²) in [7, 11) is -0.113. The van der Waals surface area contributed by atoms with E-state index < -0.39 is 10.0 Å². The molecular weight excluding hydrogens is 368 g/mol. The molecule has 0 atom stereocenters. The van der Waals surface area contributed by atoms with E-state index in [4.69, 9.17) is 0 Å². The normalized spacial score (nSPS) is 12.2. The average Bonchev–Trinajstić information content (AvgIpc) is 3.10. The largest absolute Gasteiger partial charge is 0.352 e. The molecule has 0 bridgehead atoms. The maximum Gasteiger partial charge on any atom is 0.215 e. The molecule has 1 aromatic carbocycles. The van der Waals surface area contributed by atoms with E-state index in [-0.39, 0.29) is 5.75 Å². The van der Waals surface area contributed by atoms with E-state index in [1.807, 2.05) is 24.3 Å². The van der Waals surface area contributed by atoms with Crippen LogP contribution in [-0.4, -0.2) is 28.5 Å². The Hall–Kier alpha value is -1.90. The molecular formula is C18H26N4O2S2. The Bertz CT molecular complexity index is 844. The number of hydrogen-bond acceptors (Lipinski definition) is 4. The fourth-order valence-corrected chi connectivity index (χ4v) is 4.07. The van der Waals surface area contributed by atoms with Crippen molar-refractivity contribution in [2.45, 2.75) is 32.2 Å². The van der Waals surface area contributed by atoms with E-state index >= 15 is 0 Å². The first kappa shape index (κ1) is 20.4. The van der Waals surface area contributed by atoms with Gasteiger partial charge in [0.25, 0.3) is 0 Å². The third-order valence-corrected chi connectivity index (χ3v) is 6.40. The second-order valence-corrected chi connectivity index (χ2v) is 8.96. The second-order valence-electron chi connectivity index (χ2n) is 5.78. The molecule has 0 fully saturated rings. The zero-order valence-electron chi connectivity index (χ0n) is 15.4. The van der Waals surface area contributed by atoms with Crippen molar-refractivity contribution in [1.82, 2.24) is 15.4 Å². The molecule has 0 saturated heterocycles. The topological polar surface area (TPSA) is 82.6 Å². The molecule has 0 aliphatic heterocycles. The molecule has 0 saturated carbocycles. The minimum absolute atomic E-state index is 0.0253. The third kappa shape index (κ3) is 6.44. The van der Waals surface area contributed by atoms with E-state index in [0.717, 1.165) is 24.1 Å². The number of nitrogens with one attached hydrogen (secondary N) is 3. The molecule has 26 heavy (non-hydrogen) atoms. The van der Waals surface area contributed by atoms with Crippen LogP contribution in [0.2, 0.25) is 0 Å². The Balaban J connectivity index is 1.89. The van der Waals surface area contributed by atoms with Crippen LogP contribution in [0, 0.1) is 0 Å². The van der Waals surface area contributed by atoms with Gasteiger partial charge in [-0.1, -0.05) is 31.2 Å². The lowest BCUT2D eigenvalue weighted by Crippen LogP contribution is -2.36. The van der Waals surface area contributed by atoms with Gasteiger partial charge in [0, 0.05) is 23.3 Å². The molecule has 1 aromatic heterocycles. The number of nitrogens with zero attached hydrogens (tertiary/aromatic N) is 1. The maximum atomic E-state index is 11.7. The third-order valence-electron chi connectivity index (χ3n) is 3.84. The smallest absolute Gasteiger partial charge is 0.215 e. The number of benzene rings is 1. The molecule has 2 aromatic rings. The van der Waals surface area contributed by atoms with E-state index in [1.54, 1.807) is 18.4 Å². The van der Waals surface area contributed by atoms with Crippen LogP contribution in [0.15, 0.2) is 41.4 Å². The highest BCUT2D eigenvalue weighted by Gasteiger charge is 2.09. The van der Waals surface area contributed by atoms with Crippen molar-refractivity contribution in [2.24, 2.45) is 4.99 Å². The number of aryl methyl sites for hydroxylation is 1. The van der Waals surface area contributed by atoms with Crippen molar-refractivity contribution >= 4 is 27.3 Å². The van der Waals surface area contributed by atoms with Gasteiger partial charge in [0.05, 0.1) is 12.3 Å². The van der Waals surface area contributed by atoms with Crippen LogP contribution in [0.25, 0.3) is 0 Å². The predicted molar refractivity (Wildman–Crippen MR) is 109 cm³/mol. The number of guanidine groups is 1. The van der Waals surface area contributed by atoms with Gasteiger partial charge >= 0.3 is 0 Å². The van der Waals surface area contributed by atoms with Gasteiger partial charge in [-0.05, 0) is 36.7 Å². The van der Waals surface area contributed by atoms with Gasteiger partial charge in [-0.2, -0.15) is 0 Å². The lowest BCUT2D eigenvalue weighted by Gasteiger charge is -2.12. The molecule has 8 heteroatoms. The summed E-state index contributed by atoms with van der Waals surface area (Å²) in [4.78, 5) is 6.87. The Kier molecular flexibility index (Phi) is 7.62. The average molecular weight is 395 g/mol. The summed E-state index contributed by atoms with van der Waals surface area (Å²) in [6.45, 7) is 3.45. The van der Waals surface area contributed by atoms with E-state index in [2.05, 4.69) is 39.4 Å². The minimum Gasteiger partial charge on any atom is -0.352 e. The molecule has 142 valence electrons. The molecule has 3 N–H and O–H groups in total. The standard InChI is InChI=1S/C18H26N4O2S2/c1-4-16-8-9-17(25-16)12-22-18(19-2)21-11-14-6-5-7-15(10-14)13-26(23,24)20-3/h5-10,20H,4,11-13H2,1-3H3,(H2,19,21,22). The lowest BCUT2D eigenvalue weighted by molar-refractivity contribution is 0.587. The Morgan fingerprint density at radius 2 is 1.77 bits per heavy atom. The van der Waals surface area contributed by atoms with Gasteiger partial charge in [-0.15, -0.1) is 11.3 Å². The fraction of sp³-hybridized carbons (Fsp3) is 0.389. The summed E-state index contributed by atoms with van der Waals surface area (Å²) in [6, 6.07) is 11.8. The van der Waals surface area contributed by atoms with E-state index in [1.165, 1.54) is 16.8 Å². The number of sulfonamides is 1. The molecule has 0 aliphatic carbocycles. The highest BCUT2D eigenvalue weighted by atomic mass is 32.2. The maximum absolute atomic E-state index is 11.7. The van der Waals surface area contributed by atoms with E-state index in [9.17, 15) is 8.42 Å². The zero-order chi connectivity index (χ0) is 19.0. The first-order valence-corrected chi connectivity index (χ1v) is 10.9. The van der Waals surface area contributed by atoms with Crippen LogP contribution in [0.4, 0.5) is 0 Å². The first-order valence-electron chi connectivity index (χ1n) is 8.47. The first-order chi connectivity index (χ1) is 12.5. The molecule has 0 spiro atoms. The molecule has 0 aliphatic rings. The number of hydrogen-bond donors (Lipinski definition) is 3. The Labute approximate surface area is 159 Å². The molecule has 6 nitrogen and oxygen atoms in total. The summed E-state index contributed by atoms with van der Waals surface area (Å²) < 4.78 is 25.7. The summed E-state index contributed by atoms with van der Waals surface area (Å²) in [5, 5.41) is 6.56. The van der Waals surface area contributed by atoms with Crippen molar-refractivity contribution in [1.29, 1.82) is 0 Å². The SMILES string of the molecule is CCc1ccc(CNC(=NC)NCc2cccc(CS(=O)(=O)NC)c2)s1.